The number of hydrogen-bond acceptors (Lipinski definition) is 5. The van der Waals surface area contributed by atoms with E-state index in [1.165, 1.54) is 6.92 Å². The molecule has 0 fully saturated rings. The van der Waals surface area contributed by atoms with Crippen LogP contribution in [0.2, 0.25) is 0 Å². The zero-order valence-corrected chi connectivity index (χ0v) is 18.7. The summed E-state index contributed by atoms with van der Waals surface area (Å²) in [6.07, 6.45) is 4.23. The number of aromatic nitrogens is 1. The molecule has 3 aromatic rings. The second-order valence-electron chi connectivity index (χ2n) is 7.20. The summed E-state index contributed by atoms with van der Waals surface area (Å²) < 4.78 is 33.8. The van der Waals surface area contributed by atoms with Crippen LogP contribution in [0.15, 0.2) is 51.9 Å². The number of nitrogens with one attached hydrogen (secondary N) is 2. The summed E-state index contributed by atoms with van der Waals surface area (Å²) in [4.78, 5) is 11.6. The molecule has 0 aliphatic carbocycles. The lowest BCUT2D eigenvalue weighted by Gasteiger charge is -2.11. The molecule has 162 valence electrons. The maximum atomic E-state index is 13.0. The minimum absolute atomic E-state index is 0.185. The van der Waals surface area contributed by atoms with E-state index in [-0.39, 0.29) is 10.8 Å². The molecule has 0 saturated carbocycles. The van der Waals surface area contributed by atoms with Crippen LogP contribution in [0.4, 0.5) is 11.4 Å². The van der Waals surface area contributed by atoms with Gasteiger partial charge in [0.2, 0.25) is 5.91 Å². The van der Waals surface area contributed by atoms with Gasteiger partial charge in [-0.3, -0.25) is 9.52 Å². The van der Waals surface area contributed by atoms with Gasteiger partial charge in [-0.2, -0.15) is 0 Å². The molecular formula is C23H25N3O4S. The monoisotopic (exact) mass is 439 g/mol. The number of hydrogen-bond donors (Lipinski definition) is 2. The molecule has 1 amide bonds. The molecule has 0 unspecified atom stereocenters. The van der Waals surface area contributed by atoms with Crippen molar-refractivity contribution in [3.05, 3.63) is 70.6 Å². The van der Waals surface area contributed by atoms with Gasteiger partial charge in [0.1, 0.15) is 11.4 Å². The summed E-state index contributed by atoms with van der Waals surface area (Å²) in [7, 11) is -3.77. The van der Waals surface area contributed by atoms with E-state index in [2.05, 4.69) is 15.2 Å². The molecule has 1 aromatic heterocycles. The van der Waals surface area contributed by atoms with Crippen molar-refractivity contribution in [2.24, 2.45) is 0 Å². The highest BCUT2D eigenvalue weighted by Gasteiger charge is 2.18. The van der Waals surface area contributed by atoms with Crippen molar-refractivity contribution in [1.29, 1.82) is 0 Å². The molecule has 0 atom stereocenters. The van der Waals surface area contributed by atoms with E-state index in [4.69, 9.17) is 4.52 Å². The summed E-state index contributed by atoms with van der Waals surface area (Å²) in [6.45, 7) is 6.92. The van der Waals surface area contributed by atoms with Crippen LogP contribution in [0.1, 0.15) is 42.0 Å². The van der Waals surface area contributed by atoms with E-state index >= 15 is 0 Å². The van der Waals surface area contributed by atoms with Gasteiger partial charge >= 0.3 is 0 Å². The molecule has 0 aliphatic heterocycles. The van der Waals surface area contributed by atoms with E-state index in [9.17, 15) is 13.2 Å². The normalized spacial score (nSPS) is 11.6. The third kappa shape index (κ3) is 5.40. The second kappa shape index (κ2) is 9.18. The number of aryl methyl sites for hydroxylation is 3. The highest BCUT2D eigenvalue weighted by atomic mass is 32.2. The fraction of sp³-hybridized carbons (Fsp3) is 0.217. The van der Waals surface area contributed by atoms with Crippen molar-refractivity contribution < 1.29 is 17.7 Å². The van der Waals surface area contributed by atoms with E-state index in [0.29, 0.717) is 34.0 Å². The number of rotatable bonds is 7. The minimum Gasteiger partial charge on any atom is -0.354 e. The highest BCUT2D eigenvalue weighted by Crippen LogP contribution is 2.25. The fourth-order valence-corrected chi connectivity index (χ4v) is 4.37. The van der Waals surface area contributed by atoms with Crippen molar-refractivity contribution in [1.82, 2.24) is 5.16 Å². The Morgan fingerprint density at radius 3 is 2.45 bits per heavy atom. The topological polar surface area (TPSA) is 101 Å². The SMILES string of the molecule is CCc1ccc(NS(=O)(=O)c2cc(C=Cc3onc(C)c3NC(C)=O)ccc2C)cc1. The largest absolute Gasteiger partial charge is 0.354 e. The number of carbonyl (C=O) groups excluding carboxylic acids is 1. The summed E-state index contributed by atoms with van der Waals surface area (Å²) in [5.74, 6) is 0.148. The number of carbonyl (C=O) groups is 1. The Labute approximate surface area is 182 Å². The first-order valence-electron chi connectivity index (χ1n) is 9.84. The van der Waals surface area contributed by atoms with Crippen LogP contribution in [0.3, 0.4) is 0 Å². The van der Waals surface area contributed by atoms with Crippen molar-refractivity contribution >= 4 is 39.5 Å². The highest BCUT2D eigenvalue weighted by molar-refractivity contribution is 7.92. The van der Waals surface area contributed by atoms with Gasteiger partial charge in [-0.05, 0) is 61.2 Å². The summed E-state index contributed by atoms with van der Waals surface area (Å²) in [5, 5.41) is 6.55. The number of benzene rings is 2. The van der Waals surface area contributed by atoms with Crippen LogP contribution in [0.5, 0.6) is 0 Å². The number of sulfonamides is 1. The van der Waals surface area contributed by atoms with Crippen LogP contribution < -0.4 is 10.0 Å². The molecule has 0 spiro atoms. The Hall–Kier alpha value is -3.39. The third-order valence-corrected chi connectivity index (χ3v) is 6.26. The lowest BCUT2D eigenvalue weighted by atomic mass is 10.1. The van der Waals surface area contributed by atoms with Gasteiger partial charge in [0, 0.05) is 12.6 Å². The van der Waals surface area contributed by atoms with Crippen molar-refractivity contribution in [3.63, 3.8) is 0 Å². The minimum atomic E-state index is -3.77. The van der Waals surface area contributed by atoms with Crippen LogP contribution >= 0.6 is 0 Å². The first-order chi connectivity index (χ1) is 14.7. The summed E-state index contributed by atoms with van der Waals surface area (Å²) in [5.41, 5.74) is 3.97. The lowest BCUT2D eigenvalue weighted by Crippen LogP contribution is -2.14. The summed E-state index contributed by atoms with van der Waals surface area (Å²) >= 11 is 0. The third-order valence-electron chi connectivity index (χ3n) is 4.73. The second-order valence-corrected chi connectivity index (χ2v) is 8.85. The lowest BCUT2D eigenvalue weighted by molar-refractivity contribution is -0.114. The fourth-order valence-electron chi connectivity index (χ4n) is 3.03. The Bertz CT molecular complexity index is 1230. The van der Waals surface area contributed by atoms with Gasteiger partial charge in [0.25, 0.3) is 10.0 Å². The first-order valence-corrected chi connectivity index (χ1v) is 11.3. The van der Waals surface area contributed by atoms with E-state index in [1.54, 1.807) is 50.3 Å². The number of nitrogens with zero attached hydrogens (tertiary/aromatic N) is 1. The molecule has 2 N–H and O–H groups in total. The smallest absolute Gasteiger partial charge is 0.262 e. The van der Waals surface area contributed by atoms with Crippen LogP contribution in [0, 0.1) is 13.8 Å². The quantitative estimate of drug-likeness (QED) is 0.551. The Morgan fingerprint density at radius 2 is 1.81 bits per heavy atom. The van der Waals surface area contributed by atoms with Crippen LogP contribution in [-0.2, 0) is 21.2 Å². The molecule has 1 heterocycles. The average Bonchev–Trinajstić information content (AvgIpc) is 3.06. The van der Waals surface area contributed by atoms with E-state index in [0.717, 1.165) is 12.0 Å². The zero-order valence-electron chi connectivity index (χ0n) is 17.9. The molecule has 3 rings (SSSR count). The summed E-state index contributed by atoms with van der Waals surface area (Å²) in [6, 6.07) is 12.5. The first kappa shape index (κ1) is 22.3. The molecule has 0 aliphatic rings. The molecule has 7 nitrogen and oxygen atoms in total. The van der Waals surface area contributed by atoms with Crippen LogP contribution in [-0.4, -0.2) is 19.5 Å². The van der Waals surface area contributed by atoms with E-state index < -0.39 is 10.0 Å². The van der Waals surface area contributed by atoms with Crippen molar-refractivity contribution in [2.75, 3.05) is 10.0 Å². The molecule has 8 heteroatoms. The Balaban J connectivity index is 1.87. The predicted molar refractivity (Wildman–Crippen MR) is 122 cm³/mol. The van der Waals surface area contributed by atoms with E-state index in [1.807, 2.05) is 25.1 Å². The standard InChI is InChI=1S/C23H25N3O4S/c1-5-18-8-11-20(12-9-18)26-31(28,29)22-14-19(7-6-15(22)2)10-13-21-23(24-17(4)27)16(3)25-30-21/h6-14,26H,5H2,1-4H3,(H,24,27). The van der Waals surface area contributed by atoms with Gasteiger partial charge in [-0.1, -0.05) is 42.4 Å². The average molecular weight is 440 g/mol. The van der Waals surface area contributed by atoms with Gasteiger partial charge in [-0.15, -0.1) is 0 Å². The zero-order chi connectivity index (χ0) is 22.6. The number of anilines is 2. The molecule has 2 aromatic carbocycles. The molecule has 0 radical (unpaired) electrons. The Morgan fingerprint density at radius 1 is 1.10 bits per heavy atom. The van der Waals surface area contributed by atoms with Crippen molar-refractivity contribution in [3.8, 4) is 0 Å². The molecule has 0 bridgehead atoms. The molecule has 0 saturated heterocycles. The van der Waals surface area contributed by atoms with Gasteiger partial charge < -0.3 is 9.84 Å². The predicted octanol–water partition coefficient (Wildman–Crippen LogP) is 4.78. The molecule has 31 heavy (non-hydrogen) atoms. The van der Waals surface area contributed by atoms with Gasteiger partial charge in [0.05, 0.1) is 4.90 Å². The number of amides is 1. The Kier molecular flexibility index (Phi) is 6.60. The van der Waals surface area contributed by atoms with Gasteiger partial charge in [-0.25, -0.2) is 8.42 Å². The maximum Gasteiger partial charge on any atom is 0.262 e. The van der Waals surface area contributed by atoms with Crippen LogP contribution in [0.25, 0.3) is 12.2 Å². The molecular weight excluding hydrogens is 414 g/mol. The maximum absolute atomic E-state index is 13.0. The van der Waals surface area contributed by atoms with Gasteiger partial charge in [0.15, 0.2) is 5.76 Å². The van der Waals surface area contributed by atoms with Crippen molar-refractivity contribution in [2.45, 2.75) is 39.0 Å².